The molecule has 0 aromatic heterocycles. The molecule has 0 saturated carbocycles. The van der Waals surface area contributed by atoms with Gasteiger partial charge in [0.15, 0.2) is 0 Å². The molecule has 0 aromatic carbocycles. The Morgan fingerprint density at radius 3 is 2.20 bits per heavy atom. The molecule has 0 amide bonds. The first-order chi connectivity index (χ1) is 6.85. The summed E-state index contributed by atoms with van der Waals surface area (Å²) in [6, 6.07) is 0. The fourth-order valence-corrected chi connectivity index (χ4v) is 2.43. The van der Waals surface area contributed by atoms with Gasteiger partial charge in [-0.2, -0.15) is 0 Å². The second-order valence-corrected chi connectivity index (χ2v) is 5.40. The van der Waals surface area contributed by atoms with Gasteiger partial charge in [0.2, 0.25) is 0 Å². The molecule has 0 aliphatic rings. The lowest BCUT2D eigenvalue weighted by atomic mass is 9.69. The van der Waals surface area contributed by atoms with Gasteiger partial charge in [-0.3, -0.25) is 0 Å². The van der Waals surface area contributed by atoms with E-state index in [9.17, 15) is 0 Å². The van der Waals surface area contributed by atoms with Crippen LogP contribution in [-0.4, -0.2) is 7.85 Å². The molecular formula is C14H27B. The van der Waals surface area contributed by atoms with Gasteiger partial charge in [0.05, 0.1) is 0 Å². The first-order valence-electron chi connectivity index (χ1n) is 6.19. The van der Waals surface area contributed by atoms with Gasteiger partial charge >= 0.3 is 0 Å². The van der Waals surface area contributed by atoms with Crippen LogP contribution in [0.15, 0.2) is 24.2 Å². The van der Waals surface area contributed by atoms with Crippen molar-refractivity contribution in [3.63, 3.8) is 0 Å². The van der Waals surface area contributed by atoms with Crippen molar-refractivity contribution in [2.75, 3.05) is 0 Å². The Balaban J connectivity index is 4.72. The highest BCUT2D eigenvalue weighted by atomic mass is 14.3. The van der Waals surface area contributed by atoms with Crippen LogP contribution in [0.5, 0.6) is 0 Å². The highest BCUT2D eigenvalue weighted by molar-refractivity contribution is 6.22. The van der Waals surface area contributed by atoms with E-state index in [4.69, 9.17) is 0 Å². The van der Waals surface area contributed by atoms with E-state index in [1.54, 1.807) is 0 Å². The van der Waals surface area contributed by atoms with E-state index in [0.717, 1.165) is 17.3 Å². The first-order valence-corrected chi connectivity index (χ1v) is 6.19. The number of allylic oxidation sites excluding steroid dienone is 3. The molecule has 0 aromatic rings. The highest BCUT2D eigenvalue weighted by Crippen LogP contribution is 2.37. The average molecular weight is 206 g/mol. The lowest BCUT2D eigenvalue weighted by molar-refractivity contribution is 0.188. The van der Waals surface area contributed by atoms with Crippen LogP contribution in [0.2, 0.25) is 0 Å². The van der Waals surface area contributed by atoms with Crippen LogP contribution in [0.4, 0.5) is 0 Å². The maximum absolute atomic E-state index is 3.92. The van der Waals surface area contributed by atoms with Gasteiger partial charge in [0.25, 0.3) is 0 Å². The standard InChI is InChI=1S/C14H27B/c1-7-11(3)13(8-2)14(5,6)10-9-12(4)15/h9-11,13H,4,7-8,15H2,1-3,5-6H3/b10-9-/t11?,13-/m1/s1. The third-order valence-electron chi connectivity index (χ3n) is 3.52. The van der Waals surface area contributed by atoms with Gasteiger partial charge in [0.1, 0.15) is 7.85 Å². The zero-order valence-electron chi connectivity index (χ0n) is 11.4. The van der Waals surface area contributed by atoms with Crippen molar-refractivity contribution in [2.24, 2.45) is 17.3 Å². The summed E-state index contributed by atoms with van der Waals surface area (Å²) in [6.45, 7) is 15.5. The molecule has 0 heterocycles. The first kappa shape index (κ1) is 14.5. The van der Waals surface area contributed by atoms with Crippen molar-refractivity contribution >= 4 is 7.85 Å². The summed E-state index contributed by atoms with van der Waals surface area (Å²) in [5.41, 5.74) is 1.42. The Morgan fingerprint density at radius 1 is 1.33 bits per heavy atom. The summed E-state index contributed by atoms with van der Waals surface area (Å²) in [5.74, 6) is 1.55. The van der Waals surface area contributed by atoms with E-state index < -0.39 is 0 Å². The topological polar surface area (TPSA) is 0 Å². The largest absolute Gasteiger partial charge is 0.138 e. The quantitative estimate of drug-likeness (QED) is 0.458. The van der Waals surface area contributed by atoms with E-state index in [0.29, 0.717) is 0 Å². The van der Waals surface area contributed by atoms with Gasteiger partial charge in [-0.05, 0) is 17.3 Å². The Kier molecular flexibility index (Phi) is 6.01. The van der Waals surface area contributed by atoms with E-state index in [-0.39, 0.29) is 5.41 Å². The normalized spacial score (nSPS) is 16.6. The predicted molar refractivity (Wildman–Crippen MR) is 73.8 cm³/mol. The van der Waals surface area contributed by atoms with Gasteiger partial charge < -0.3 is 0 Å². The van der Waals surface area contributed by atoms with Crippen LogP contribution in [0.25, 0.3) is 0 Å². The zero-order valence-corrected chi connectivity index (χ0v) is 11.4. The van der Waals surface area contributed by atoms with Crippen LogP contribution in [0.1, 0.15) is 47.5 Å². The van der Waals surface area contributed by atoms with Crippen molar-refractivity contribution in [1.29, 1.82) is 0 Å². The summed E-state index contributed by atoms with van der Waals surface area (Å²) in [6.07, 6.45) is 7.01. The summed E-state index contributed by atoms with van der Waals surface area (Å²) in [4.78, 5) is 0. The second-order valence-electron chi connectivity index (χ2n) is 5.40. The summed E-state index contributed by atoms with van der Waals surface area (Å²) in [7, 11) is 2.05. The molecule has 1 heteroatoms. The average Bonchev–Trinajstić information content (AvgIpc) is 2.15. The molecule has 2 atom stereocenters. The van der Waals surface area contributed by atoms with Crippen molar-refractivity contribution in [2.45, 2.75) is 47.5 Å². The Bertz CT molecular complexity index is 225. The molecule has 0 aliphatic heterocycles. The third-order valence-corrected chi connectivity index (χ3v) is 3.52. The lowest BCUT2D eigenvalue weighted by Crippen LogP contribution is -2.27. The summed E-state index contributed by atoms with van der Waals surface area (Å²) < 4.78 is 0. The zero-order chi connectivity index (χ0) is 12.1. The Hall–Kier alpha value is -0.455. The van der Waals surface area contributed by atoms with Crippen molar-refractivity contribution in [3.8, 4) is 0 Å². The minimum Gasteiger partial charge on any atom is -0.105 e. The highest BCUT2D eigenvalue weighted by Gasteiger charge is 2.28. The number of rotatable bonds is 6. The van der Waals surface area contributed by atoms with E-state index in [1.807, 2.05) is 0 Å². The van der Waals surface area contributed by atoms with Gasteiger partial charge in [-0.1, -0.05) is 65.1 Å². The van der Waals surface area contributed by atoms with Crippen molar-refractivity contribution in [3.05, 3.63) is 24.2 Å². The molecule has 0 saturated heterocycles. The van der Waals surface area contributed by atoms with Gasteiger partial charge in [-0.25, -0.2) is 0 Å². The molecule has 86 valence electrons. The van der Waals surface area contributed by atoms with Crippen LogP contribution in [-0.2, 0) is 0 Å². The predicted octanol–water partition coefficient (Wildman–Crippen LogP) is 3.79. The van der Waals surface area contributed by atoms with E-state index >= 15 is 0 Å². The molecule has 0 fully saturated rings. The molecule has 1 unspecified atom stereocenters. The van der Waals surface area contributed by atoms with Crippen LogP contribution in [0, 0.1) is 17.3 Å². The van der Waals surface area contributed by atoms with Gasteiger partial charge in [0, 0.05) is 0 Å². The van der Waals surface area contributed by atoms with Crippen LogP contribution < -0.4 is 0 Å². The molecule has 0 nitrogen and oxygen atoms in total. The van der Waals surface area contributed by atoms with Gasteiger partial charge in [-0.15, -0.1) is 6.58 Å². The van der Waals surface area contributed by atoms with E-state index in [2.05, 4.69) is 61.2 Å². The Labute approximate surface area is 97.3 Å². The van der Waals surface area contributed by atoms with E-state index in [1.165, 1.54) is 12.8 Å². The molecule has 0 aliphatic carbocycles. The molecule has 15 heavy (non-hydrogen) atoms. The molecule has 0 radical (unpaired) electrons. The second kappa shape index (κ2) is 6.20. The minimum absolute atomic E-state index is 0.281. The fraction of sp³-hybridized carbons (Fsp3) is 0.714. The monoisotopic (exact) mass is 206 g/mol. The molecule has 0 rings (SSSR count). The fourth-order valence-electron chi connectivity index (χ4n) is 2.43. The molecule has 0 spiro atoms. The molecule has 0 N–H and O–H groups in total. The van der Waals surface area contributed by atoms with Crippen molar-refractivity contribution < 1.29 is 0 Å². The summed E-state index contributed by atoms with van der Waals surface area (Å²) in [5, 5.41) is 0. The number of hydrogen-bond acceptors (Lipinski definition) is 0. The Morgan fingerprint density at radius 2 is 1.87 bits per heavy atom. The maximum atomic E-state index is 3.92. The minimum atomic E-state index is 0.281. The SMILES string of the molecule is BC(=C)/C=C\C(C)(C)[C@H](CC)C(C)CC. The van der Waals surface area contributed by atoms with Crippen LogP contribution >= 0.6 is 0 Å². The van der Waals surface area contributed by atoms with Crippen molar-refractivity contribution in [1.82, 2.24) is 0 Å². The lowest BCUT2D eigenvalue weighted by Gasteiger charge is -2.35. The molecule has 0 bridgehead atoms. The summed E-state index contributed by atoms with van der Waals surface area (Å²) >= 11 is 0. The number of hydrogen-bond donors (Lipinski definition) is 0. The smallest absolute Gasteiger partial charge is 0.105 e. The van der Waals surface area contributed by atoms with Crippen LogP contribution in [0.3, 0.4) is 0 Å². The molecular weight excluding hydrogens is 179 g/mol. The maximum Gasteiger partial charge on any atom is 0.138 e. The third kappa shape index (κ3) is 4.73.